The molecule has 0 spiro atoms. The Labute approximate surface area is 141 Å². The summed E-state index contributed by atoms with van der Waals surface area (Å²) in [4.78, 5) is 0. The third kappa shape index (κ3) is 3.86. The van der Waals surface area contributed by atoms with Crippen molar-refractivity contribution in [3.8, 4) is 11.1 Å². The standard InChI is InChI=1S/C23H30/c1-4-5-22-16-21(19-10-6-17(2)7-11-19)14-15-23(22)20-12-8-18(3)9-13-20/h6-7,10-11,14-16,18,20H,4-5,8-9,12-13H2,1-3H3. The molecule has 0 amide bonds. The van der Waals surface area contributed by atoms with Crippen LogP contribution in [-0.2, 0) is 6.42 Å². The molecule has 1 saturated carbocycles. The van der Waals surface area contributed by atoms with Crippen LogP contribution in [0.15, 0.2) is 42.5 Å². The molecule has 0 unspecified atom stereocenters. The minimum Gasteiger partial charge on any atom is -0.0651 e. The Morgan fingerprint density at radius 3 is 2.17 bits per heavy atom. The maximum atomic E-state index is 2.46. The van der Waals surface area contributed by atoms with Crippen LogP contribution in [-0.4, -0.2) is 0 Å². The first-order valence-corrected chi connectivity index (χ1v) is 9.37. The van der Waals surface area contributed by atoms with Gasteiger partial charge in [-0.25, -0.2) is 0 Å². The minimum absolute atomic E-state index is 0.791. The Kier molecular flexibility index (Phi) is 5.20. The van der Waals surface area contributed by atoms with Gasteiger partial charge in [0.2, 0.25) is 0 Å². The summed E-state index contributed by atoms with van der Waals surface area (Å²) >= 11 is 0. The van der Waals surface area contributed by atoms with Gasteiger partial charge in [-0.05, 0) is 60.3 Å². The Bertz CT molecular complexity index is 628. The van der Waals surface area contributed by atoms with E-state index < -0.39 is 0 Å². The van der Waals surface area contributed by atoms with Crippen molar-refractivity contribution in [1.82, 2.24) is 0 Å². The fourth-order valence-electron chi connectivity index (χ4n) is 3.99. The highest BCUT2D eigenvalue weighted by atomic mass is 14.3. The van der Waals surface area contributed by atoms with Crippen LogP contribution in [0.5, 0.6) is 0 Å². The lowest BCUT2D eigenvalue weighted by atomic mass is 9.77. The quantitative estimate of drug-likeness (QED) is 0.575. The van der Waals surface area contributed by atoms with E-state index in [0.717, 1.165) is 11.8 Å². The molecule has 0 radical (unpaired) electrons. The molecule has 122 valence electrons. The van der Waals surface area contributed by atoms with E-state index >= 15 is 0 Å². The highest BCUT2D eigenvalue weighted by Gasteiger charge is 2.21. The smallest absolute Gasteiger partial charge is 0.0159 e. The summed E-state index contributed by atoms with van der Waals surface area (Å²) in [5.74, 6) is 1.72. The molecule has 3 rings (SSSR count). The first-order chi connectivity index (χ1) is 11.2. The summed E-state index contributed by atoms with van der Waals surface area (Å²) < 4.78 is 0. The molecule has 0 saturated heterocycles. The fraction of sp³-hybridized carbons (Fsp3) is 0.478. The topological polar surface area (TPSA) is 0 Å². The Balaban J connectivity index is 1.90. The van der Waals surface area contributed by atoms with Gasteiger partial charge in [0.05, 0.1) is 0 Å². The van der Waals surface area contributed by atoms with E-state index in [-0.39, 0.29) is 0 Å². The molecule has 0 heteroatoms. The molecule has 2 aromatic rings. The van der Waals surface area contributed by atoms with Crippen molar-refractivity contribution in [1.29, 1.82) is 0 Å². The largest absolute Gasteiger partial charge is 0.0651 e. The Morgan fingerprint density at radius 2 is 1.52 bits per heavy atom. The van der Waals surface area contributed by atoms with Crippen LogP contribution in [0.2, 0.25) is 0 Å². The van der Waals surface area contributed by atoms with Crippen LogP contribution < -0.4 is 0 Å². The van der Waals surface area contributed by atoms with Crippen LogP contribution in [0.1, 0.15) is 68.6 Å². The highest BCUT2D eigenvalue weighted by molar-refractivity contribution is 5.65. The molecular weight excluding hydrogens is 276 g/mol. The summed E-state index contributed by atoms with van der Waals surface area (Å²) in [6, 6.07) is 16.2. The summed E-state index contributed by atoms with van der Waals surface area (Å²) in [5.41, 5.74) is 7.27. The summed E-state index contributed by atoms with van der Waals surface area (Å²) in [7, 11) is 0. The van der Waals surface area contributed by atoms with Crippen molar-refractivity contribution < 1.29 is 0 Å². The van der Waals surface area contributed by atoms with Gasteiger partial charge in [-0.15, -0.1) is 0 Å². The monoisotopic (exact) mass is 306 g/mol. The van der Waals surface area contributed by atoms with E-state index in [1.165, 1.54) is 55.2 Å². The SMILES string of the molecule is CCCc1cc(-c2ccc(C)cc2)ccc1C1CCC(C)CC1. The number of benzene rings is 2. The molecule has 1 fully saturated rings. The lowest BCUT2D eigenvalue weighted by Gasteiger charge is -2.28. The normalized spacial score (nSPS) is 21.3. The molecule has 0 nitrogen and oxygen atoms in total. The molecule has 23 heavy (non-hydrogen) atoms. The van der Waals surface area contributed by atoms with Gasteiger partial charge in [-0.1, -0.05) is 81.1 Å². The Hall–Kier alpha value is -1.56. The predicted octanol–water partition coefficient (Wildman–Crippen LogP) is 6.91. The van der Waals surface area contributed by atoms with Gasteiger partial charge in [-0.3, -0.25) is 0 Å². The lowest BCUT2D eigenvalue weighted by Crippen LogP contribution is -2.12. The van der Waals surface area contributed by atoms with Gasteiger partial charge >= 0.3 is 0 Å². The second kappa shape index (κ2) is 7.34. The number of hydrogen-bond acceptors (Lipinski definition) is 0. The third-order valence-electron chi connectivity index (χ3n) is 5.50. The van der Waals surface area contributed by atoms with Crippen molar-refractivity contribution in [3.63, 3.8) is 0 Å². The number of hydrogen-bond donors (Lipinski definition) is 0. The molecular formula is C23H30. The van der Waals surface area contributed by atoms with Crippen LogP contribution in [0.3, 0.4) is 0 Å². The molecule has 0 aromatic heterocycles. The van der Waals surface area contributed by atoms with Crippen molar-refractivity contribution in [3.05, 3.63) is 59.2 Å². The zero-order valence-electron chi connectivity index (χ0n) is 14.9. The molecule has 0 N–H and O–H groups in total. The average Bonchev–Trinajstić information content (AvgIpc) is 2.57. The van der Waals surface area contributed by atoms with E-state index in [1.807, 2.05) is 0 Å². The van der Waals surface area contributed by atoms with Crippen LogP contribution in [0, 0.1) is 12.8 Å². The molecule has 1 aliphatic rings. The molecule has 2 aromatic carbocycles. The number of rotatable bonds is 4. The summed E-state index contributed by atoms with van der Waals surface area (Å²) in [6.07, 6.45) is 7.99. The van der Waals surface area contributed by atoms with Crippen molar-refractivity contribution in [2.45, 2.75) is 65.2 Å². The molecule has 0 aliphatic heterocycles. The van der Waals surface area contributed by atoms with Crippen LogP contribution in [0.25, 0.3) is 11.1 Å². The van der Waals surface area contributed by atoms with Crippen LogP contribution >= 0.6 is 0 Å². The molecule has 0 bridgehead atoms. The van der Waals surface area contributed by atoms with Crippen molar-refractivity contribution in [2.75, 3.05) is 0 Å². The second-order valence-corrected chi connectivity index (χ2v) is 7.49. The fourth-order valence-corrected chi connectivity index (χ4v) is 3.99. The zero-order chi connectivity index (χ0) is 16.2. The summed E-state index contributed by atoms with van der Waals surface area (Å²) in [5, 5.41) is 0. The van der Waals surface area contributed by atoms with Gasteiger partial charge in [-0.2, -0.15) is 0 Å². The zero-order valence-corrected chi connectivity index (χ0v) is 14.9. The number of aryl methyl sites for hydroxylation is 2. The average molecular weight is 306 g/mol. The first kappa shape index (κ1) is 16.3. The second-order valence-electron chi connectivity index (χ2n) is 7.49. The minimum atomic E-state index is 0.791. The van der Waals surface area contributed by atoms with E-state index in [2.05, 4.69) is 63.2 Å². The van der Waals surface area contributed by atoms with Gasteiger partial charge in [0, 0.05) is 0 Å². The highest BCUT2D eigenvalue weighted by Crippen LogP contribution is 2.38. The van der Waals surface area contributed by atoms with Gasteiger partial charge < -0.3 is 0 Å². The maximum absolute atomic E-state index is 2.46. The predicted molar refractivity (Wildman–Crippen MR) is 101 cm³/mol. The third-order valence-corrected chi connectivity index (χ3v) is 5.50. The first-order valence-electron chi connectivity index (χ1n) is 9.37. The van der Waals surface area contributed by atoms with E-state index in [4.69, 9.17) is 0 Å². The lowest BCUT2D eigenvalue weighted by molar-refractivity contribution is 0.347. The summed E-state index contributed by atoms with van der Waals surface area (Å²) in [6.45, 7) is 6.86. The van der Waals surface area contributed by atoms with Crippen molar-refractivity contribution >= 4 is 0 Å². The van der Waals surface area contributed by atoms with Crippen molar-refractivity contribution in [2.24, 2.45) is 5.92 Å². The van der Waals surface area contributed by atoms with E-state index in [0.29, 0.717) is 0 Å². The Morgan fingerprint density at radius 1 is 0.870 bits per heavy atom. The van der Waals surface area contributed by atoms with E-state index in [9.17, 15) is 0 Å². The van der Waals surface area contributed by atoms with Gasteiger partial charge in [0.15, 0.2) is 0 Å². The van der Waals surface area contributed by atoms with E-state index in [1.54, 1.807) is 11.1 Å². The van der Waals surface area contributed by atoms with Gasteiger partial charge in [0.1, 0.15) is 0 Å². The molecule has 0 heterocycles. The maximum Gasteiger partial charge on any atom is -0.0159 e. The van der Waals surface area contributed by atoms with Gasteiger partial charge in [0.25, 0.3) is 0 Å². The molecule has 1 aliphatic carbocycles. The van der Waals surface area contributed by atoms with Crippen LogP contribution in [0.4, 0.5) is 0 Å². The molecule has 0 atom stereocenters.